The van der Waals surface area contributed by atoms with Crippen molar-refractivity contribution >= 4 is 21.8 Å². The van der Waals surface area contributed by atoms with Gasteiger partial charge in [-0.3, -0.25) is 9.48 Å². The van der Waals surface area contributed by atoms with E-state index in [-0.39, 0.29) is 11.9 Å². The molecule has 0 fully saturated rings. The van der Waals surface area contributed by atoms with Gasteiger partial charge in [0.15, 0.2) is 0 Å². The molecule has 0 aliphatic rings. The third kappa shape index (κ3) is 3.31. The van der Waals surface area contributed by atoms with Crippen LogP contribution in [0.5, 0.6) is 0 Å². The molecule has 0 spiro atoms. The Kier molecular flexibility index (Phi) is 4.74. The Morgan fingerprint density at radius 3 is 2.41 bits per heavy atom. The van der Waals surface area contributed by atoms with Crippen LogP contribution in [-0.2, 0) is 4.79 Å². The molecule has 0 saturated heterocycles. The normalized spacial score (nSPS) is 12.9. The van der Waals surface area contributed by atoms with Crippen LogP contribution in [0.25, 0.3) is 0 Å². The summed E-state index contributed by atoms with van der Waals surface area (Å²) in [7, 11) is 0. The molecule has 0 bridgehead atoms. The quantitative estimate of drug-likeness (QED) is 0.929. The fourth-order valence-corrected chi connectivity index (χ4v) is 1.84. The predicted molar refractivity (Wildman–Crippen MR) is 72.0 cm³/mol. The van der Waals surface area contributed by atoms with Gasteiger partial charge in [0.25, 0.3) is 0 Å². The van der Waals surface area contributed by atoms with Crippen LogP contribution in [0.2, 0.25) is 0 Å². The molecule has 17 heavy (non-hydrogen) atoms. The minimum atomic E-state index is -0.279. The van der Waals surface area contributed by atoms with E-state index in [4.69, 9.17) is 0 Å². The summed E-state index contributed by atoms with van der Waals surface area (Å²) in [5.41, 5.74) is 1.89. The van der Waals surface area contributed by atoms with Gasteiger partial charge in [-0.15, -0.1) is 0 Å². The molecule has 0 aromatic carbocycles. The van der Waals surface area contributed by atoms with Gasteiger partial charge in [0.05, 0.1) is 15.9 Å². The van der Waals surface area contributed by atoms with Crippen molar-refractivity contribution in [3.05, 3.63) is 15.9 Å². The molecule has 0 aliphatic carbocycles. The van der Waals surface area contributed by atoms with Gasteiger partial charge in [-0.05, 0) is 42.6 Å². The SMILES string of the molecule is Cc1nn(C(C)C(=O)NCC(C)C)c(C)c1Br. The number of hydrogen-bond donors (Lipinski definition) is 1. The fraction of sp³-hybridized carbons (Fsp3) is 0.667. The van der Waals surface area contributed by atoms with Crippen LogP contribution in [-0.4, -0.2) is 22.2 Å². The molecule has 1 heterocycles. The maximum Gasteiger partial charge on any atom is 0.244 e. The van der Waals surface area contributed by atoms with Crippen molar-refractivity contribution in [1.82, 2.24) is 15.1 Å². The standard InChI is InChI=1S/C12H20BrN3O/c1-7(2)6-14-12(17)10(5)16-9(4)11(13)8(3)15-16/h7,10H,6H2,1-5H3,(H,14,17). The van der Waals surface area contributed by atoms with Crippen molar-refractivity contribution in [3.8, 4) is 0 Å². The third-order valence-electron chi connectivity index (χ3n) is 2.67. The molecule has 1 aromatic heterocycles. The summed E-state index contributed by atoms with van der Waals surface area (Å²) in [5, 5.41) is 7.29. The lowest BCUT2D eigenvalue weighted by Gasteiger charge is -2.15. The molecule has 1 N–H and O–H groups in total. The number of amides is 1. The summed E-state index contributed by atoms with van der Waals surface area (Å²) >= 11 is 3.46. The Morgan fingerprint density at radius 2 is 2.00 bits per heavy atom. The minimum Gasteiger partial charge on any atom is -0.354 e. The highest BCUT2D eigenvalue weighted by Gasteiger charge is 2.19. The first kappa shape index (κ1) is 14.2. The first-order valence-corrected chi connectivity index (χ1v) is 6.62. The van der Waals surface area contributed by atoms with Gasteiger partial charge in [0.2, 0.25) is 5.91 Å². The molecule has 0 radical (unpaired) electrons. The van der Waals surface area contributed by atoms with Crippen molar-refractivity contribution < 1.29 is 4.79 Å². The van der Waals surface area contributed by atoms with Crippen molar-refractivity contribution in [3.63, 3.8) is 0 Å². The maximum absolute atomic E-state index is 11.9. The van der Waals surface area contributed by atoms with Gasteiger partial charge in [-0.1, -0.05) is 13.8 Å². The monoisotopic (exact) mass is 301 g/mol. The minimum absolute atomic E-state index is 0.0109. The smallest absolute Gasteiger partial charge is 0.244 e. The van der Waals surface area contributed by atoms with Crippen molar-refractivity contribution in [1.29, 1.82) is 0 Å². The predicted octanol–water partition coefficient (Wildman–Crippen LogP) is 2.60. The van der Waals surface area contributed by atoms with E-state index in [1.54, 1.807) is 4.68 Å². The van der Waals surface area contributed by atoms with Crippen LogP contribution in [0.3, 0.4) is 0 Å². The van der Waals surface area contributed by atoms with Crippen molar-refractivity contribution in [2.75, 3.05) is 6.54 Å². The zero-order valence-corrected chi connectivity index (χ0v) is 12.6. The van der Waals surface area contributed by atoms with Gasteiger partial charge in [0.1, 0.15) is 6.04 Å². The number of carbonyl (C=O) groups is 1. The number of hydrogen-bond acceptors (Lipinski definition) is 2. The number of aryl methyl sites for hydroxylation is 1. The highest BCUT2D eigenvalue weighted by molar-refractivity contribution is 9.10. The first-order chi connectivity index (χ1) is 7.84. The first-order valence-electron chi connectivity index (χ1n) is 5.83. The van der Waals surface area contributed by atoms with E-state index in [9.17, 15) is 4.79 Å². The number of aromatic nitrogens is 2. The number of rotatable bonds is 4. The van der Waals surface area contributed by atoms with E-state index in [1.165, 1.54) is 0 Å². The molecule has 1 unspecified atom stereocenters. The number of nitrogens with one attached hydrogen (secondary N) is 1. The topological polar surface area (TPSA) is 46.9 Å². The lowest BCUT2D eigenvalue weighted by atomic mass is 10.2. The Hall–Kier alpha value is -0.840. The van der Waals surface area contributed by atoms with E-state index in [1.807, 2.05) is 20.8 Å². The lowest BCUT2D eigenvalue weighted by molar-refractivity contribution is -0.124. The average molecular weight is 302 g/mol. The summed E-state index contributed by atoms with van der Waals surface area (Å²) in [5.74, 6) is 0.468. The Bertz CT molecular complexity index is 412. The van der Waals surface area contributed by atoms with Gasteiger partial charge < -0.3 is 5.32 Å². The van der Waals surface area contributed by atoms with E-state index < -0.39 is 0 Å². The van der Waals surface area contributed by atoms with E-state index in [0.717, 1.165) is 15.9 Å². The van der Waals surface area contributed by atoms with Gasteiger partial charge >= 0.3 is 0 Å². The van der Waals surface area contributed by atoms with E-state index >= 15 is 0 Å². The molecule has 1 aromatic rings. The molecular formula is C12H20BrN3O. The van der Waals surface area contributed by atoms with Crippen LogP contribution in [0.1, 0.15) is 38.2 Å². The van der Waals surface area contributed by atoms with Crippen LogP contribution < -0.4 is 5.32 Å². The largest absolute Gasteiger partial charge is 0.354 e. The zero-order valence-electron chi connectivity index (χ0n) is 11.0. The summed E-state index contributed by atoms with van der Waals surface area (Å²) in [4.78, 5) is 11.9. The van der Waals surface area contributed by atoms with Crippen LogP contribution in [0, 0.1) is 19.8 Å². The summed E-state index contributed by atoms with van der Waals surface area (Å²) in [6.07, 6.45) is 0. The van der Waals surface area contributed by atoms with Gasteiger partial charge in [-0.25, -0.2) is 0 Å². The second-order valence-electron chi connectivity index (χ2n) is 4.74. The van der Waals surface area contributed by atoms with E-state index in [2.05, 4.69) is 40.2 Å². The zero-order chi connectivity index (χ0) is 13.2. The van der Waals surface area contributed by atoms with Crippen LogP contribution >= 0.6 is 15.9 Å². The Morgan fingerprint density at radius 1 is 1.41 bits per heavy atom. The lowest BCUT2D eigenvalue weighted by Crippen LogP contribution is -2.34. The molecule has 5 heteroatoms. The Balaban J connectivity index is 2.78. The summed E-state index contributed by atoms with van der Waals surface area (Å²) in [6.45, 7) is 10.6. The third-order valence-corrected chi connectivity index (χ3v) is 3.82. The molecular weight excluding hydrogens is 282 g/mol. The van der Waals surface area contributed by atoms with Gasteiger partial charge in [-0.2, -0.15) is 5.10 Å². The molecule has 4 nitrogen and oxygen atoms in total. The van der Waals surface area contributed by atoms with Gasteiger partial charge in [0, 0.05) is 6.54 Å². The second-order valence-corrected chi connectivity index (χ2v) is 5.54. The molecule has 96 valence electrons. The van der Waals surface area contributed by atoms with E-state index in [0.29, 0.717) is 12.5 Å². The van der Waals surface area contributed by atoms with Crippen molar-refractivity contribution in [2.24, 2.45) is 5.92 Å². The molecule has 1 atom stereocenters. The highest BCUT2D eigenvalue weighted by atomic mass is 79.9. The average Bonchev–Trinajstić information content (AvgIpc) is 2.52. The van der Waals surface area contributed by atoms with Crippen LogP contribution in [0.15, 0.2) is 4.47 Å². The summed E-state index contributed by atoms with van der Waals surface area (Å²) < 4.78 is 2.73. The summed E-state index contributed by atoms with van der Waals surface area (Å²) in [6, 6.07) is -0.279. The molecule has 0 aliphatic heterocycles. The number of carbonyl (C=O) groups excluding carboxylic acids is 1. The number of nitrogens with zero attached hydrogens (tertiary/aromatic N) is 2. The number of halogens is 1. The molecule has 1 amide bonds. The molecule has 0 saturated carbocycles. The van der Waals surface area contributed by atoms with Crippen molar-refractivity contribution in [2.45, 2.75) is 40.7 Å². The van der Waals surface area contributed by atoms with Crippen LogP contribution in [0.4, 0.5) is 0 Å². The molecule has 1 rings (SSSR count). The highest BCUT2D eigenvalue weighted by Crippen LogP contribution is 2.22. The maximum atomic E-state index is 11.9. The second kappa shape index (κ2) is 5.67. The fourth-order valence-electron chi connectivity index (χ4n) is 1.58. The Labute approximate surface area is 111 Å².